The minimum Gasteiger partial charge on any atom is -0.507 e. The number of rotatable bonds is 3. The number of nitrogens with zero attached hydrogens (tertiary/aromatic N) is 2. The van der Waals surface area contributed by atoms with Gasteiger partial charge in [-0.2, -0.15) is 5.26 Å². The van der Waals surface area contributed by atoms with Crippen LogP contribution in [0, 0.1) is 11.3 Å². The third-order valence-corrected chi connectivity index (χ3v) is 2.01. The first kappa shape index (κ1) is 11.9. The number of nitrogen functional groups attached to an aromatic ring is 1. The number of benzene rings is 1. The number of anilines is 1. The minimum atomic E-state index is -0.0162. The van der Waals surface area contributed by atoms with E-state index in [9.17, 15) is 5.11 Å². The third kappa shape index (κ3) is 2.42. The van der Waals surface area contributed by atoms with E-state index in [4.69, 9.17) is 15.8 Å². The Hall–Kier alpha value is -2.22. The zero-order valence-corrected chi connectivity index (χ0v) is 9.19. The summed E-state index contributed by atoms with van der Waals surface area (Å²) in [5.74, 6) is -0.0162. The maximum Gasteiger partial charge on any atom is 0.126 e. The molecule has 0 fully saturated rings. The normalized spacial score (nSPS) is 10.9. The fraction of sp³-hybridized carbons (Fsp3) is 0.273. The van der Waals surface area contributed by atoms with Crippen molar-refractivity contribution in [1.29, 1.82) is 5.26 Å². The van der Waals surface area contributed by atoms with Gasteiger partial charge in [0.2, 0.25) is 0 Å². The summed E-state index contributed by atoms with van der Waals surface area (Å²) >= 11 is 0. The topological polar surface area (TPSA) is 91.6 Å². The molecule has 0 saturated carbocycles. The number of oxime groups is 1. The monoisotopic (exact) mass is 219 g/mol. The molecule has 0 aliphatic heterocycles. The number of hydrogen-bond acceptors (Lipinski definition) is 5. The van der Waals surface area contributed by atoms with E-state index >= 15 is 0 Å². The van der Waals surface area contributed by atoms with Crippen molar-refractivity contribution in [2.75, 3.05) is 12.3 Å². The molecule has 0 aliphatic carbocycles. The van der Waals surface area contributed by atoms with Gasteiger partial charge in [-0.15, -0.1) is 0 Å². The number of phenolic OH excluding ortho intramolecular Hbond substituents is 1. The van der Waals surface area contributed by atoms with Crippen LogP contribution in [-0.4, -0.2) is 17.4 Å². The molecular weight excluding hydrogens is 206 g/mol. The predicted molar refractivity (Wildman–Crippen MR) is 61.1 cm³/mol. The highest BCUT2D eigenvalue weighted by Gasteiger charge is 2.09. The second-order valence-corrected chi connectivity index (χ2v) is 3.16. The third-order valence-electron chi connectivity index (χ3n) is 2.01. The zero-order valence-electron chi connectivity index (χ0n) is 9.19. The predicted octanol–water partition coefficient (Wildman–Crippen LogP) is 1.61. The zero-order chi connectivity index (χ0) is 12.1. The Balaban J connectivity index is 3.19. The number of phenols is 1. The molecule has 0 radical (unpaired) electrons. The first-order valence-corrected chi connectivity index (χ1v) is 4.79. The summed E-state index contributed by atoms with van der Waals surface area (Å²) in [6.07, 6.45) is 0. The SMILES string of the molecule is CCO/N=C(\C)c1cc(C#N)c(N)cc1O. The summed E-state index contributed by atoms with van der Waals surface area (Å²) in [5.41, 5.74) is 7.04. The molecule has 5 nitrogen and oxygen atoms in total. The molecule has 0 aliphatic rings. The van der Waals surface area contributed by atoms with Gasteiger partial charge in [-0.25, -0.2) is 0 Å². The molecule has 0 saturated heterocycles. The molecule has 1 aromatic rings. The lowest BCUT2D eigenvalue weighted by Crippen LogP contribution is -2.00. The standard InChI is InChI=1S/C11H13N3O2/c1-3-16-14-7(2)9-4-8(6-12)10(13)5-11(9)15/h4-5,15H,3,13H2,1-2H3/b14-7+. The second kappa shape index (κ2) is 5.03. The van der Waals surface area contributed by atoms with Crippen LogP contribution in [0.25, 0.3) is 0 Å². The smallest absolute Gasteiger partial charge is 0.126 e. The summed E-state index contributed by atoms with van der Waals surface area (Å²) in [5, 5.41) is 22.2. The van der Waals surface area contributed by atoms with Crippen molar-refractivity contribution in [3.8, 4) is 11.8 Å². The van der Waals surface area contributed by atoms with Gasteiger partial charge in [0.05, 0.1) is 17.0 Å². The van der Waals surface area contributed by atoms with E-state index in [0.29, 0.717) is 23.4 Å². The molecule has 3 N–H and O–H groups in total. The van der Waals surface area contributed by atoms with Crippen molar-refractivity contribution in [2.45, 2.75) is 13.8 Å². The van der Waals surface area contributed by atoms with E-state index in [1.807, 2.05) is 6.07 Å². The number of nitriles is 1. The van der Waals surface area contributed by atoms with Crippen LogP contribution in [-0.2, 0) is 4.84 Å². The fourth-order valence-corrected chi connectivity index (χ4v) is 1.20. The summed E-state index contributed by atoms with van der Waals surface area (Å²) in [6, 6.07) is 4.76. The minimum absolute atomic E-state index is 0.0162. The van der Waals surface area contributed by atoms with Gasteiger partial charge >= 0.3 is 0 Å². The van der Waals surface area contributed by atoms with Gasteiger partial charge in [0.25, 0.3) is 0 Å². The summed E-state index contributed by atoms with van der Waals surface area (Å²) in [6.45, 7) is 3.93. The van der Waals surface area contributed by atoms with E-state index < -0.39 is 0 Å². The Morgan fingerprint density at radius 1 is 1.62 bits per heavy atom. The van der Waals surface area contributed by atoms with Crippen LogP contribution in [0.2, 0.25) is 0 Å². The molecule has 1 rings (SSSR count). The Labute approximate surface area is 93.7 Å². The highest BCUT2D eigenvalue weighted by Crippen LogP contribution is 2.24. The van der Waals surface area contributed by atoms with Gasteiger partial charge in [0, 0.05) is 11.6 Å². The lowest BCUT2D eigenvalue weighted by Gasteiger charge is -2.06. The molecule has 0 aromatic heterocycles. The van der Waals surface area contributed by atoms with Crippen LogP contribution in [0.3, 0.4) is 0 Å². The van der Waals surface area contributed by atoms with Gasteiger partial charge < -0.3 is 15.7 Å². The van der Waals surface area contributed by atoms with Crippen molar-refractivity contribution in [3.63, 3.8) is 0 Å². The van der Waals surface area contributed by atoms with Gasteiger partial charge in [-0.1, -0.05) is 5.16 Å². The largest absolute Gasteiger partial charge is 0.507 e. The van der Waals surface area contributed by atoms with Crippen molar-refractivity contribution in [2.24, 2.45) is 5.16 Å². The lowest BCUT2D eigenvalue weighted by molar-refractivity contribution is 0.159. The molecule has 0 heterocycles. The summed E-state index contributed by atoms with van der Waals surface area (Å²) in [4.78, 5) is 4.87. The van der Waals surface area contributed by atoms with Crippen LogP contribution in [0.15, 0.2) is 17.3 Å². The van der Waals surface area contributed by atoms with Crippen molar-refractivity contribution >= 4 is 11.4 Å². The van der Waals surface area contributed by atoms with E-state index in [2.05, 4.69) is 5.16 Å². The van der Waals surface area contributed by atoms with Crippen molar-refractivity contribution < 1.29 is 9.94 Å². The second-order valence-electron chi connectivity index (χ2n) is 3.16. The van der Waals surface area contributed by atoms with Crippen LogP contribution in [0.1, 0.15) is 25.0 Å². The van der Waals surface area contributed by atoms with Crippen molar-refractivity contribution in [3.05, 3.63) is 23.3 Å². The van der Waals surface area contributed by atoms with E-state index in [0.717, 1.165) is 0 Å². The van der Waals surface area contributed by atoms with Gasteiger partial charge in [-0.3, -0.25) is 0 Å². The maximum atomic E-state index is 9.66. The molecule has 0 spiro atoms. The van der Waals surface area contributed by atoms with Crippen LogP contribution < -0.4 is 5.73 Å². The van der Waals surface area contributed by atoms with E-state index in [-0.39, 0.29) is 11.4 Å². The van der Waals surface area contributed by atoms with Crippen LogP contribution in [0.4, 0.5) is 5.69 Å². The molecule has 0 unspecified atom stereocenters. The molecule has 0 atom stereocenters. The van der Waals surface area contributed by atoms with Crippen LogP contribution >= 0.6 is 0 Å². The maximum absolute atomic E-state index is 9.66. The van der Waals surface area contributed by atoms with E-state index in [1.54, 1.807) is 13.8 Å². The number of hydrogen-bond donors (Lipinski definition) is 2. The molecule has 0 amide bonds. The molecule has 1 aromatic carbocycles. The van der Waals surface area contributed by atoms with Gasteiger partial charge in [-0.05, 0) is 19.9 Å². The van der Waals surface area contributed by atoms with E-state index in [1.165, 1.54) is 12.1 Å². The first-order valence-electron chi connectivity index (χ1n) is 4.79. The highest BCUT2D eigenvalue weighted by molar-refractivity contribution is 6.01. The molecule has 16 heavy (non-hydrogen) atoms. The van der Waals surface area contributed by atoms with Crippen molar-refractivity contribution in [1.82, 2.24) is 0 Å². The Bertz CT molecular complexity index is 461. The molecule has 0 bridgehead atoms. The molecule has 84 valence electrons. The van der Waals surface area contributed by atoms with Gasteiger partial charge in [0.1, 0.15) is 18.4 Å². The lowest BCUT2D eigenvalue weighted by atomic mass is 10.1. The molecule has 5 heteroatoms. The average molecular weight is 219 g/mol. The summed E-state index contributed by atoms with van der Waals surface area (Å²) < 4.78 is 0. The number of nitrogens with two attached hydrogens (primary N) is 1. The number of aromatic hydroxyl groups is 1. The van der Waals surface area contributed by atoms with Gasteiger partial charge in [0.15, 0.2) is 0 Å². The Morgan fingerprint density at radius 2 is 2.31 bits per heavy atom. The molecular formula is C11H13N3O2. The quantitative estimate of drug-likeness (QED) is 0.459. The summed E-state index contributed by atoms with van der Waals surface area (Å²) in [7, 11) is 0. The van der Waals surface area contributed by atoms with Crippen LogP contribution in [0.5, 0.6) is 5.75 Å². The Morgan fingerprint density at radius 3 is 2.88 bits per heavy atom. The average Bonchev–Trinajstić information content (AvgIpc) is 2.26. The highest BCUT2D eigenvalue weighted by atomic mass is 16.6. The first-order chi connectivity index (χ1) is 7.60. The Kier molecular flexibility index (Phi) is 3.72. The fourth-order valence-electron chi connectivity index (χ4n) is 1.20.